The van der Waals surface area contributed by atoms with E-state index in [0.29, 0.717) is 17.9 Å². The number of hydrogen-bond acceptors (Lipinski definition) is 4. The van der Waals surface area contributed by atoms with Crippen molar-refractivity contribution < 1.29 is 9.63 Å². The summed E-state index contributed by atoms with van der Waals surface area (Å²) in [4.78, 5) is 28.4. The highest BCUT2D eigenvalue weighted by Crippen LogP contribution is 2.15. The van der Waals surface area contributed by atoms with Gasteiger partial charge in [-0.2, -0.15) is 0 Å². The van der Waals surface area contributed by atoms with Gasteiger partial charge in [-0.3, -0.25) is 13.9 Å². The maximum atomic E-state index is 11.8. The van der Waals surface area contributed by atoms with Crippen molar-refractivity contribution in [2.75, 3.05) is 19.1 Å². The summed E-state index contributed by atoms with van der Waals surface area (Å²) in [6.45, 7) is 0. The molecule has 1 amide bonds. The lowest BCUT2D eigenvalue weighted by Gasteiger charge is -2.13. The molecular formula is C9H15N5O3. The zero-order valence-electron chi connectivity index (χ0n) is 10.2. The fourth-order valence-corrected chi connectivity index (χ4v) is 1.60. The third-order valence-corrected chi connectivity index (χ3v) is 2.36. The van der Waals surface area contributed by atoms with Gasteiger partial charge in [-0.15, -0.1) is 0 Å². The van der Waals surface area contributed by atoms with E-state index in [-0.39, 0.29) is 11.5 Å². The SMILES string of the molecule is CO/N=C(/N)c1c(N(C)C=O)n(C)c(=O)n1C. The average Bonchev–Trinajstić information content (AvgIpc) is 2.53. The predicted molar refractivity (Wildman–Crippen MR) is 62.9 cm³/mol. The number of rotatable bonds is 4. The molecule has 0 aliphatic heterocycles. The Morgan fingerprint density at radius 1 is 1.47 bits per heavy atom. The van der Waals surface area contributed by atoms with Crippen LogP contribution >= 0.6 is 0 Å². The third kappa shape index (κ3) is 2.01. The number of anilines is 1. The van der Waals surface area contributed by atoms with Gasteiger partial charge in [0.25, 0.3) is 0 Å². The lowest BCUT2D eigenvalue weighted by Crippen LogP contribution is -2.24. The van der Waals surface area contributed by atoms with Crippen LogP contribution in [0, 0.1) is 0 Å². The van der Waals surface area contributed by atoms with E-state index in [0.717, 1.165) is 0 Å². The Labute approximate surface area is 97.9 Å². The van der Waals surface area contributed by atoms with Crippen molar-refractivity contribution in [1.82, 2.24) is 9.13 Å². The Morgan fingerprint density at radius 2 is 2.06 bits per heavy atom. The number of nitrogens with two attached hydrogens (primary N) is 1. The van der Waals surface area contributed by atoms with Gasteiger partial charge in [0.05, 0.1) is 0 Å². The third-order valence-electron chi connectivity index (χ3n) is 2.36. The summed E-state index contributed by atoms with van der Waals surface area (Å²) in [7, 11) is 5.95. The molecule has 0 aliphatic carbocycles. The lowest BCUT2D eigenvalue weighted by atomic mass is 10.3. The van der Waals surface area contributed by atoms with Gasteiger partial charge >= 0.3 is 5.69 Å². The number of oxime groups is 1. The van der Waals surface area contributed by atoms with Gasteiger partial charge in [-0.05, 0) is 0 Å². The minimum absolute atomic E-state index is 0.0244. The second kappa shape index (κ2) is 4.73. The minimum atomic E-state index is -0.307. The summed E-state index contributed by atoms with van der Waals surface area (Å²) in [5.41, 5.74) is 5.71. The monoisotopic (exact) mass is 241 g/mol. The van der Waals surface area contributed by atoms with Crippen molar-refractivity contribution in [3.05, 3.63) is 16.2 Å². The standard InChI is InChI=1S/C9H15N5O3/c1-12(5-15)8-6(7(10)11-17-4)13(2)9(16)14(8)3/h5H,1-4H3,(H2,10,11). The maximum absolute atomic E-state index is 11.8. The molecule has 1 aromatic rings. The normalized spacial score (nSPS) is 11.4. The molecule has 0 aromatic carbocycles. The van der Waals surface area contributed by atoms with Gasteiger partial charge in [0.15, 0.2) is 5.84 Å². The molecule has 8 nitrogen and oxygen atoms in total. The van der Waals surface area contributed by atoms with Crippen molar-refractivity contribution in [2.45, 2.75) is 0 Å². The van der Waals surface area contributed by atoms with Crippen molar-refractivity contribution >= 4 is 18.1 Å². The molecule has 17 heavy (non-hydrogen) atoms. The first kappa shape index (κ1) is 12.8. The Kier molecular flexibility index (Phi) is 3.56. The maximum Gasteiger partial charge on any atom is 0.329 e. The number of aromatic nitrogens is 2. The zero-order valence-corrected chi connectivity index (χ0v) is 10.2. The van der Waals surface area contributed by atoms with Crippen LogP contribution in [0.15, 0.2) is 9.95 Å². The van der Waals surface area contributed by atoms with Gasteiger partial charge in [0, 0.05) is 21.1 Å². The van der Waals surface area contributed by atoms with Crippen LogP contribution in [0.1, 0.15) is 5.69 Å². The number of carbonyl (C=O) groups excluding carboxylic acids is 1. The molecule has 0 fully saturated rings. The molecule has 0 aliphatic rings. The Balaban J connectivity index is 3.58. The number of nitrogens with zero attached hydrogens (tertiary/aromatic N) is 4. The largest absolute Gasteiger partial charge is 0.397 e. The number of imidazole rings is 1. The summed E-state index contributed by atoms with van der Waals surface area (Å²) in [5.74, 6) is 0.377. The predicted octanol–water partition coefficient (Wildman–Crippen LogP) is -1.42. The summed E-state index contributed by atoms with van der Waals surface area (Å²) < 4.78 is 2.61. The Bertz CT molecular complexity index is 513. The topological polar surface area (TPSA) is 94.8 Å². The second-order valence-electron chi connectivity index (χ2n) is 3.45. The number of amides is 1. The van der Waals surface area contributed by atoms with Crippen molar-refractivity contribution in [1.29, 1.82) is 0 Å². The molecule has 1 rings (SSSR count). The molecule has 0 radical (unpaired) electrons. The number of carbonyl (C=O) groups is 1. The quantitative estimate of drug-likeness (QED) is 0.303. The van der Waals surface area contributed by atoms with Crippen LogP contribution in [0.25, 0.3) is 0 Å². The van der Waals surface area contributed by atoms with Crippen molar-refractivity contribution in [2.24, 2.45) is 25.0 Å². The van der Waals surface area contributed by atoms with Crippen molar-refractivity contribution in [3.8, 4) is 0 Å². The van der Waals surface area contributed by atoms with Crippen LogP contribution in [-0.2, 0) is 23.7 Å². The van der Waals surface area contributed by atoms with E-state index in [1.165, 1.54) is 35.2 Å². The van der Waals surface area contributed by atoms with E-state index in [1.54, 1.807) is 7.05 Å². The molecule has 0 bridgehead atoms. The summed E-state index contributed by atoms with van der Waals surface area (Å²) >= 11 is 0. The van der Waals surface area contributed by atoms with E-state index in [9.17, 15) is 9.59 Å². The lowest BCUT2D eigenvalue weighted by molar-refractivity contribution is -0.107. The molecule has 0 unspecified atom stereocenters. The zero-order chi connectivity index (χ0) is 13.2. The summed E-state index contributed by atoms with van der Waals surface area (Å²) in [6.07, 6.45) is 0.582. The number of amidine groups is 1. The van der Waals surface area contributed by atoms with E-state index >= 15 is 0 Å². The molecule has 0 saturated heterocycles. The summed E-state index contributed by atoms with van der Waals surface area (Å²) in [5, 5.41) is 3.57. The van der Waals surface area contributed by atoms with Crippen LogP contribution in [0.3, 0.4) is 0 Å². The molecule has 0 saturated carbocycles. The molecule has 8 heteroatoms. The molecule has 1 heterocycles. The Hall–Kier alpha value is -2.25. The Morgan fingerprint density at radius 3 is 2.53 bits per heavy atom. The highest BCUT2D eigenvalue weighted by Gasteiger charge is 2.21. The second-order valence-corrected chi connectivity index (χ2v) is 3.45. The van der Waals surface area contributed by atoms with E-state index in [1.807, 2.05) is 0 Å². The first-order chi connectivity index (χ1) is 7.95. The van der Waals surface area contributed by atoms with E-state index in [4.69, 9.17) is 5.73 Å². The fraction of sp³-hybridized carbons (Fsp3) is 0.444. The first-order valence-electron chi connectivity index (χ1n) is 4.76. The molecule has 0 spiro atoms. The summed E-state index contributed by atoms with van der Waals surface area (Å²) in [6, 6.07) is 0. The van der Waals surface area contributed by atoms with Gasteiger partial charge in [-0.1, -0.05) is 5.16 Å². The smallest absolute Gasteiger partial charge is 0.329 e. The highest BCUT2D eigenvalue weighted by atomic mass is 16.6. The molecule has 94 valence electrons. The van der Waals surface area contributed by atoms with Crippen molar-refractivity contribution in [3.63, 3.8) is 0 Å². The van der Waals surface area contributed by atoms with E-state index < -0.39 is 0 Å². The molecule has 1 aromatic heterocycles. The van der Waals surface area contributed by atoms with Gasteiger partial charge in [0.2, 0.25) is 6.41 Å². The average molecular weight is 241 g/mol. The van der Waals surface area contributed by atoms with Gasteiger partial charge in [0.1, 0.15) is 18.6 Å². The van der Waals surface area contributed by atoms with Crippen LogP contribution in [-0.4, -0.2) is 35.5 Å². The van der Waals surface area contributed by atoms with Crippen LogP contribution in [0.4, 0.5) is 5.82 Å². The van der Waals surface area contributed by atoms with E-state index in [2.05, 4.69) is 9.99 Å². The van der Waals surface area contributed by atoms with Gasteiger partial charge in [-0.25, -0.2) is 4.79 Å². The molecular weight excluding hydrogens is 226 g/mol. The minimum Gasteiger partial charge on any atom is -0.397 e. The van der Waals surface area contributed by atoms with Crippen LogP contribution in [0.5, 0.6) is 0 Å². The first-order valence-corrected chi connectivity index (χ1v) is 4.76. The van der Waals surface area contributed by atoms with Gasteiger partial charge < -0.3 is 15.5 Å². The van der Waals surface area contributed by atoms with Crippen LogP contribution in [0.2, 0.25) is 0 Å². The fourth-order valence-electron chi connectivity index (χ4n) is 1.60. The van der Waals surface area contributed by atoms with Crippen LogP contribution < -0.4 is 16.3 Å². The highest BCUT2D eigenvalue weighted by molar-refractivity contribution is 6.01. The molecule has 2 N–H and O–H groups in total. The number of hydrogen-bond donors (Lipinski definition) is 1. The molecule has 0 atom stereocenters.